The summed E-state index contributed by atoms with van der Waals surface area (Å²) in [6.45, 7) is 4.19. The molecule has 0 spiro atoms. The fourth-order valence-electron chi connectivity index (χ4n) is 1.68. The molecule has 0 bridgehead atoms. The zero-order valence-electron chi connectivity index (χ0n) is 9.25. The van der Waals surface area contributed by atoms with E-state index in [2.05, 4.69) is 19.2 Å². The third kappa shape index (κ3) is 3.66. The summed E-state index contributed by atoms with van der Waals surface area (Å²) >= 11 is 0. The molecule has 3 nitrogen and oxygen atoms in total. The number of hydrogen-bond donors (Lipinski definition) is 2. The first-order chi connectivity index (χ1) is 6.67. The van der Waals surface area contributed by atoms with Gasteiger partial charge in [-0.3, -0.25) is 4.79 Å². The van der Waals surface area contributed by atoms with Gasteiger partial charge in [-0.05, 0) is 31.6 Å². The number of carbonyl (C=O) groups is 1. The molecule has 1 fully saturated rings. The van der Waals surface area contributed by atoms with Gasteiger partial charge < -0.3 is 11.1 Å². The Labute approximate surface area is 86.4 Å². The second-order valence-corrected chi connectivity index (χ2v) is 4.29. The Bertz CT molecular complexity index is 180. The second kappa shape index (κ2) is 5.35. The molecule has 0 aliphatic heterocycles. The molecule has 1 amide bonds. The van der Waals surface area contributed by atoms with Crippen molar-refractivity contribution < 1.29 is 4.79 Å². The van der Waals surface area contributed by atoms with Gasteiger partial charge in [-0.15, -0.1) is 0 Å². The SMILES string of the molecule is CCC(CC)NC(=O)CC(N)C1CC1. The van der Waals surface area contributed by atoms with Gasteiger partial charge >= 0.3 is 0 Å². The predicted octanol–water partition coefficient (Wildman–Crippen LogP) is 1.42. The maximum Gasteiger partial charge on any atom is 0.221 e. The number of nitrogens with one attached hydrogen (secondary N) is 1. The fraction of sp³-hybridized carbons (Fsp3) is 0.909. The first kappa shape index (κ1) is 11.5. The van der Waals surface area contributed by atoms with Gasteiger partial charge in [-0.1, -0.05) is 13.8 Å². The van der Waals surface area contributed by atoms with E-state index in [0.717, 1.165) is 12.8 Å². The lowest BCUT2D eigenvalue weighted by atomic mass is 10.1. The lowest BCUT2D eigenvalue weighted by molar-refractivity contribution is -0.122. The Morgan fingerprint density at radius 3 is 2.43 bits per heavy atom. The average molecular weight is 198 g/mol. The van der Waals surface area contributed by atoms with Crippen molar-refractivity contribution in [2.45, 2.75) is 58.0 Å². The number of nitrogens with two attached hydrogens (primary N) is 1. The number of rotatable bonds is 6. The maximum atomic E-state index is 11.5. The van der Waals surface area contributed by atoms with Gasteiger partial charge in [0, 0.05) is 18.5 Å². The van der Waals surface area contributed by atoms with Crippen LogP contribution in [0.5, 0.6) is 0 Å². The lowest BCUT2D eigenvalue weighted by Crippen LogP contribution is -2.38. The minimum absolute atomic E-state index is 0.0874. The number of hydrogen-bond acceptors (Lipinski definition) is 2. The molecule has 0 aromatic rings. The van der Waals surface area contributed by atoms with Crippen LogP contribution in [0.3, 0.4) is 0 Å². The summed E-state index contributed by atoms with van der Waals surface area (Å²) in [5, 5.41) is 3.01. The molecule has 0 saturated heterocycles. The summed E-state index contributed by atoms with van der Waals surface area (Å²) in [5.74, 6) is 0.737. The third-order valence-corrected chi connectivity index (χ3v) is 3.00. The van der Waals surface area contributed by atoms with E-state index in [4.69, 9.17) is 5.73 Å². The van der Waals surface area contributed by atoms with E-state index in [-0.39, 0.29) is 11.9 Å². The Morgan fingerprint density at radius 1 is 1.43 bits per heavy atom. The minimum Gasteiger partial charge on any atom is -0.353 e. The first-order valence-corrected chi connectivity index (χ1v) is 5.72. The van der Waals surface area contributed by atoms with Crippen LogP contribution in [0.25, 0.3) is 0 Å². The van der Waals surface area contributed by atoms with E-state index in [1.54, 1.807) is 0 Å². The molecule has 1 rings (SSSR count). The van der Waals surface area contributed by atoms with Crippen LogP contribution in [-0.4, -0.2) is 18.0 Å². The molecule has 1 aliphatic carbocycles. The van der Waals surface area contributed by atoms with Crippen molar-refractivity contribution in [3.05, 3.63) is 0 Å². The molecule has 1 saturated carbocycles. The molecule has 1 aliphatic rings. The first-order valence-electron chi connectivity index (χ1n) is 5.72. The van der Waals surface area contributed by atoms with Gasteiger partial charge in [0.1, 0.15) is 0 Å². The molecule has 0 aromatic carbocycles. The Kier molecular flexibility index (Phi) is 4.39. The summed E-state index contributed by atoms with van der Waals surface area (Å²) in [7, 11) is 0. The van der Waals surface area contributed by atoms with E-state index >= 15 is 0 Å². The van der Waals surface area contributed by atoms with E-state index < -0.39 is 0 Å². The smallest absolute Gasteiger partial charge is 0.221 e. The molecule has 3 N–H and O–H groups in total. The highest BCUT2D eigenvalue weighted by atomic mass is 16.1. The molecule has 0 radical (unpaired) electrons. The number of carbonyl (C=O) groups excluding carboxylic acids is 1. The van der Waals surface area contributed by atoms with Crippen LogP contribution >= 0.6 is 0 Å². The number of amides is 1. The lowest BCUT2D eigenvalue weighted by Gasteiger charge is -2.16. The monoisotopic (exact) mass is 198 g/mol. The van der Waals surface area contributed by atoms with E-state index in [9.17, 15) is 4.79 Å². The molecule has 14 heavy (non-hydrogen) atoms. The van der Waals surface area contributed by atoms with Crippen LogP contribution in [-0.2, 0) is 4.79 Å². The van der Waals surface area contributed by atoms with Crippen LogP contribution in [0.2, 0.25) is 0 Å². The molecular weight excluding hydrogens is 176 g/mol. The topological polar surface area (TPSA) is 55.1 Å². The molecular formula is C11H22N2O. The molecule has 82 valence electrons. The van der Waals surface area contributed by atoms with Gasteiger partial charge in [0.15, 0.2) is 0 Å². The van der Waals surface area contributed by atoms with Crippen LogP contribution in [0.15, 0.2) is 0 Å². The third-order valence-electron chi connectivity index (χ3n) is 3.00. The molecule has 0 heterocycles. The van der Waals surface area contributed by atoms with E-state index in [0.29, 0.717) is 18.4 Å². The van der Waals surface area contributed by atoms with E-state index in [1.807, 2.05) is 0 Å². The predicted molar refractivity (Wildman–Crippen MR) is 57.8 cm³/mol. The van der Waals surface area contributed by atoms with Gasteiger partial charge in [-0.25, -0.2) is 0 Å². The van der Waals surface area contributed by atoms with Crippen LogP contribution in [0, 0.1) is 5.92 Å². The van der Waals surface area contributed by atoms with Gasteiger partial charge in [0.2, 0.25) is 5.91 Å². The maximum absolute atomic E-state index is 11.5. The van der Waals surface area contributed by atoms with Crippen molar-refractivity contribution in [2.24, 2.45) is 11.7 Å². The Hall–Kier alpha value is -0.570. The van der Waals surface area contributed by atoms with Gasteiger partial charge in [0.25, 0.3) is 0 Å². The minimum atomic E-state index is 0.0874. The zero-order chi connectivity index (χ0) is 10.6. The summed E-state index contributed by atoms with van der Waals surface area (Å²) in [5.41, 5.74) is 5.88. The average Bonchev–Trinajstić information content (AvgIpc) is 2.97. The highest BCUT2D eigenvalue weighted by molar-refractivity contribution is 5.76. The summed E-state index contributed by atoms with van der Waals surface area (Å²) in [6, 6.07) is 0.415. The van der Waals surface area contributed by atoms with Crippen LogP contribution in [0.4, 0.5) is 0 Å². The molecule has 3 heteroatoms. The zero-order valence-corrected chi connectivity index (χ0v) is 9.25. The van der Waals surface area contributed by atoms with Crippen LogP contribution in [0.1, 0.15) is 46.0 Å². The van der Waals surface area contributed by atoms with Gasteiger partial charge in [0.05, 0.1) is 0 Å². The Balaban J connectivity index is 2.19. The summed E-state index contributed by atoms with van der Waals surface area (Å²) < 4.78 is 0. The van der Waals surface area contributed by atoms with Crippen molar-refractivity contribution >= 4 is 5.91 Å². The molecule has 0 aromatic heterocycles. The van der Waals surface area contributed by atoms with Crippen molar-refractivity contribution in [2.75, 3.05) is 0 Å². The normalized spacial score (nSPS) is 18.3. The quantitative estimate of drug-likeness (QED) is 0.678. The van der Waals surface area contributed by atoms with Crippen molar-refractivity contribution in [3.63, 3.8) is 0 Å². The molecule has 1 unspecified atom stereocenters. The fourth-order valence-corrected chi connectivity index (χ4v) is 1.68. The standard InChI is InChI=1S/C11H22N2O/c1-3-9(4-2)13-11(14)7-10(12)8-5-6-8/h8-10H,3-7,12H2,1-2H3,(H,13,14). The summed E-state index contributed by atoms with van der Waals surface area (Å²) in [4.78, 5) is 11.5. The van der Waals surface area contributed by atoms with E-state index in [1.165, 1.54) is 12.8 Å². The highest BCUT2D eigenvalue weighted by Gasteiger charge is 2.29. The van der Waals surface area contributed by atoms with Crippen molar-refractivity contribution in [1.29, 1.82) is 0 Å². The largest absolute Gasteiger partial charge is 0.353 e. The Morgan fingerprint density at radius 2 is 2.00 bits per heavy atom. The van der Waals surface area contributed by atoms with Crippen molar-refractivity contribution in [1.82, 2.24) is 5.32 Å². The highest BCUT2D eigenvalue weighted by Crippen LogP contribution is 2.32. The molecule has 1 atom stereocenters. The second-order valence-electron chi connectivity index (χ2n) is 4.29. The van der Waals surface area contributed by atoms with Gasteiger partial charge in [-0.2, -0.15) is 0 Å². The van der Waals surface area contributed by atoms with Crippen LogP contribution < -0.4 is 11.1 Å². The van der Waals surface area contributed by atoms with Crippen molar-refractivity contribution in [3.8, 4) is 0 Å². The summed E-state index contributed by atoms with van der Waals surface area (Å²) in [6.07, 6.45) is 4.92.